The molecule has 1 unspecified atom stereocenters. The first-order valence-electron chi connectivity index (χ1n) is 8.33. The van der Waals surface area contributed by atoms with Gasteiger partial charge >= 0.3 is 0 Å². The summed E-state index contributed by atoms with van der Waals surface area (Å²) in [5, 5.41) is 0.298. The van der Waals surface area contributed by atoms with Crippen LogP contribution in [0.5, 0.6) is 0 Å². The molecule has 0 aromatic carbocycles. The lowest BCUT2D eigenvalue weighted by Crippen LogP contribution is -2.40. The van der Waals surface area contributed by atoms with Crippen molar-refractivity contribution in [2.75, 3.05) is 6.61 Å². The summed E-state index contributed by atoms with van der Waals surface area (Å²) in [6.07, 6.45) is 7.20. The molecule has 0 N–H and O–H groups in total. The van der Waals surface area contributed by atoms with Crippen molar-refractivity contribution < 1.29 is 9.22 Å². The number of carbonyl (C=O) groups excluding carboxylic acids is 1. The molecule has 1 aliphatic carbocycles. The van der Waals surface area contributed by atoms with Crippen LogP contribution in [0.3, 0.4) is 0 Å². The summed E-state index contributed by atoms with van der Waals surface area (Å²) in [5.41, 5.74) is 1.39. The van der Waals surface area contributed by atoms with Gasteiger partial charge in [-0.15, -0.1) is 0 Å². The van der Waals surface area contributed by atoms with Crippen LogP contribution in [0, 0.1) is 5.41 Å². The van der Waals surface area contributed by atoms with E-state index in [1.54, 1.807) is 0 Å². The molecule has 0 bridgehead atoms. The van der Waals surface area contributed by atoms with Crippen molar-refractivity contribution in [3.05, 3.63) is 11.6 Å². The Morgan fingerprint density at radius 3 is 2.33 bits per heavy atom. The topological polar surface area (TPSA) is 26.3 Å². The SMILES string of the molecule is CC1=CC(=O)CC1(C)CCCCCO[Si](C)(C)C(C)(C)C. The van der Waals surface area contributed by atoms with E-state index in [-0.39, 0.29) is 5.41 Å². The van der Waals surface area contributed by atoms with Crippen molar-refractivity contribution in [1.82, 2.24) is 0 Å². The van der Waals surface area contributed by atoms with Crippen LogP contribution in [0.15, 0.2) is 11.6 Å². The van der Waals surface area contributed by atoms with E-state index in [2.05, 4.69) is 47.7 Å². The van der Waals surface area contributed by atoms with Crippen LogP contribution in [0.1, 0.15) is 66.7 Å². The van der Waals surface area contributed by atoms with Gasteiger partial charge < -0.3 is 4.43 Å². The molecule has 3 heteroatoms. The quantitative estimate of drug-likeness (QED) is 0.459. The molecule has 1 aliphatic rings. The zero-order valence-corrected chi connectivity index (χ0v) is 16.1. The molecule has 2 nitrogen and oxygen atoms in total. The standard InChI is InChI=1S/C18H34O2Si/c1-15-13-16(19)14-18(15,5)11-9-8-10-12-20-21(6,7)17(2,3)4/h13H,8-12,14H2,1-7H3. The molecular weight excluding hydrogens is 276 g/mol. The summed E-state index contributed by atoms with van der Waals surface area (Å²) in [6, 6.07) is 0. The van der Waals surface area contributed by atoms with Crippen LogP contribution in [-0.2, 0) is 9.22 Å². The fourth-order valence-corrected chi connectivity index (χ4v) is 3.70. The van der Waals surface area contributed by atoms with Crippen LogP contribution in [0.4, 0.5) is 0 Å². The summed E-state index contributed by atoms with van der Waals surface area (Å²) >= 11 is 0. The summed E-state index contributed by atoms with van der Waals surface area (Å²) in [4.78, 5) is 11.5. The maximum atomic E-state index is 11.5. The Balaban J connectivity index is 2.22. The number of hydrogen-bond donors (Lipinski definition) is 0. The van der Waals surface area contributed by atoms with Gasteiger partial charge in [0, 0.05) is 13.0 Å². The average molecular weight is 311 g/mol. The first-order chi connectivity index (χ1) is 9.48. The molecule has 0 aliphatic heterocycles. The maximum Gasteiger partial charge on any atom is 0.191 e. The van der Waals surface area contributed by atoms with E-state index in [0.717, 1.165) is 19.4 Å². The minimum atomic E-state index is -1.58. The van der Waals surface area contributed by atoms with Gasteiger partial charge in [-0.25, -0.2) is 0 Å². The fourth-order valence-electron chi connectivity index (χ4n) is 2.61. The van der Waals surface area contributed by atoms with Crippen molar-refractivity contribution in [3.8, 4) is 0 Å². The second kappa shape index (κ2) is 6.78. The number of rotatable bonds is 7. The smallest absolute Gasteiger partial charge is 0.191 e. The Morgan fingerprint density at radius 2 is 1.86 bits per heavy atom. The molecular formula is C18H34O2Si. The number of unbranched alkanes of at least 4 members (excludes halogenated alkanes) is 2. The van der Waals surface area contributed by atoms with Crippen molar-refractivity contribution >= 4 is 14.1 Å². The van der Waals surface area contributed by atoms with E-state index in [0.29, 0.717) is 17.2 Å². The Labute approximate surface area is 132 Å². The van der Waals surface area contributed by atoms with Gasteiger partial charge in [0.05, 0.1) is 0 Å². The summed E-state index contributed by atoms with van der Waals surface area (Å²) in [6.45, 7) is 16.7. The van der Waals surface area contributed by atoms with E-state index in [4.69, 9.17) is 4.43 Å². The van der Waals surface area contributed by atoms with Gasteiger partial charge in [0.15, 0.2) is 14.1 Å². The van der Waals surface area contributed by atoms with Crippen LogP contribution >= 0.6 is 0 Å². The van der Waals surface area contributed by atoms with Gasteiger partial charge in [-0.2, -0.15) is 0 Å². The highest BCUT2D eigenvalue weighted by atomic mass is 28.4. The highest BCUT2D eigenvalue weighted by molar-refractivity contribution is 6.74. The number of ketones is 1. The molecule has 0 fully saturated rings. The van der Waals surface area contributed by atoms with Gasteiger partial charge in [-0.1, -0.05) is 46.1 Å². The van der Waals surface area contributed by atoms with Crippen molar-refractivity contribution in [3.63, 3.8) is 0 Å². The Kier molecular flexibility index (Phi) is 6.02. The summed E-state index contributed by atoms with van der Waals surface area (Å²) in [7, 11) is -1.58. The summed E-state index contributed by atoms with van der Waals surface area (Å²) < 4.78 is 6.20. The first-order valence-corrected chi connectivity index (χ1v) is 11.2. The molecule has 1 rings (SSSR count). The van der Waals surface area contributed by atoms with Crippen molar-refractivity contribution in [2.45, 2.75) is 84.9 Å². The lowest BCUT2D eigenvalue weighted by molar-refractivity contribution is -0.115. The maximum absolute atomic E-state index is 11.5. The molecule has 0 aromatic rings. The lowest BCUT2D eigenvalue weighted by Gasteiger charge is -2.36. The molecule has 0 saturated carbocycles. The summed E-state index contributed by atoms with van der Waals surface area (Å²) in [5.74, 6) is 0.302. The zero-order chi connectivity index (χ0) is 16.3. The molecule has 122 valence electrons. The van der Waals surface area contributed by atoms with E-state index in [1.807, 2.05) is 6.08 Å². The third-order valence-corrected chi connectivity index (χ3v) is 10.1. The van der Waals surface area contributed by atoms with Crippen LogP contribution < -0.4 is 0 Å². The van der Waals surface area contributed by atoms with E-state index in [9.17, 15) is 4.79 Å². The molecule has 21 heavy (non-hydrogen) atoms. The van der Waals surface area contributed by atoms with Gasteiger partial charge in [0.2, 0.25) is 0 Å². The molecule has 0 spiro atoms. The molecule has 0 amide bonds. The Hall–Kier alpha value is -0.413. The van der Waals surface area contributed by atoms with E-state index < -0.39 is 8.32 Å². The highest BCUT2D eigenvalue weighted by Crippen LogP contribution is 2.41. The van der Waals surface area contributed by atoms with E-state index >= 15 is 0 Å². The van der Waals surface area contributed by atoms with Crippen molar-refractivity contribution in [1.29, 1.82) is 0 Å². The molecule has 0 heterocycles. The Bertz CT molecular complexity index is 404. The predicted octanol–water partition coefficient (Wildman–Crippen LogP) is 5.49. The molecule has 1 atom stereocenters. The minimum absolute atomic E-state index is 0.122. The second-order valence-electron chi connectivity index (χ2n) is 8.45. The Morgan fingerprint density at radius 1 is 1.24 bits per heavy atom. The lowest BCUT2D eigenvalue weighted by atomic mass is 9.79. The number of allylic oxidation sites excluding steroid dienone is 2. The molecule has 0 radical (unpaired) electrons. The van der Waals surface area contributed by atoms with Crippen LogP contribution in [0.2, 0.25) is 18.1 Å². The minimum Gasteiger partial charge on any atom is -0.417 e. The first kappa shape index (κ1) is 18.6. The van der Waals surface area contributed by atoms with Gasteiger partial charge in [-0.3, -0.25) is 4.79 Å². The third kappa shape index (κ3) is 5.06. The third-order valence-electron chi connectivity index (χ3n) is 5.54. The van der Waals surface area contributed by atoms with Gasteiger partial charge in [-0.05, 0) is 49.4 Å². The highest BCUT2D eigenvalue weighted by Gasteiger charge is 2.37. The second-order valence-corrected chi connectivity index (χ2v) is 13.3. The van der Waals surface area contributed by atoms with Crippen molar-refractivity contribution in [2.24, 2.45) is 5.41 Å². The van der Waals surface area contributed by atoms with Gasteiger partial charge in [0.1, 0.15) is 0 Å². The fraction of sp³-hybridized carbons (Fsp3) is 0.833. The largest absolute Gasteiger partial charge is 0.417 e. The van der Waals surface area contributed by atoms with Crippen LogP contribution in [-0.4, -0.2) is 20.7 Å². The molecule has 0 aromatic heterocycles. The zero-order valence-electron chi connectivity index (χ0n) is 15.1. The number of hydrogen-bond acceptors (Lipinski definition) is 2. The normalized spacial score (nSPS) is 23.6. The predicted molar refractivity (Wildman–Crippen MR) is 93.1 cm³/mol. The van der Waals surface area contributed by atoms with E-state index in [1.165, 1.54) is 18.4 Å². The monoisotopic (exact) mass is 310 g/mol. The van der Waals surface area contributed by atoms with Gasteiger partial charge in [0.25, 0.3) is 0 Å². The van der Waals surface area contributed by atoms with Crippen LogP contribution in [0.25, 0.3) is 0 Å². The number of carbonyl (C=O) groups is 1. The average Bonchev–Trinajstić information content (AvgIpc) is 2.56. The molecule has 0 saturated heterocycles.